The van der Waals surface area contributed by atoms with Gasteiger partial charge in [0, 0.05) is 0 Å². The molecule has 0 saturated heterocycles. The quantitative estimate of drug-likeness (QED) is 0.889. The zero-order chi connectivity index (χ0) is 14.0. The Morgan fingerprint density at radius 1 is 1.11 bits per heavy atom. The molecule has 1 N–H and O–H groups in total. The van der Waals surface area contributed by atoms with Gasteiger partial charge in [-0.05, 0) is 48.1 Å². The lowest BCUT2D eigenvalue weighted by atomic mass is 9.89. The Kier molecular flexibility index (Phi) is 3.70. The van der Waals surface area contributed by atoms with Crippen LogP contribution in [0.3, 0.4) is 0 Å². The van der Waals surface area contributed by atoms with Gasteiger partial charge in [0.2, 0.25) is 0 Å². The van der Waals surface area contributed by atoms with E-state index in [0.717, 1.165) is 34.2 Å². The Morgan fingerprint density at radius 3 is 2.26 bits per heavy atom. The molecule has 0 amide bonds. The van der Waals surface area contributed by atoms with Crippen LogP contribution in [0.15, 0.2) is 36.4 Å². The Balaban J connectivity index is 2.76. The molecule has 2 aromatic rings. The Bertz CT molecular complexity index is 613. The third-order valence-corrected chi connectivity index (χ3v) is 3.63. The van der Waals surface area contributed by atoms with E-state index in [-0.39, 0.29) is 0 Å². The van der Waals surface area contributed by atoms with Crippen molar-refractivity contribution in [3.63, 3.8) is 0 Å². The molecule has 19 heavy (non-hydrogen) atoms. The van der Waals surface area contributed by atoms with Crippen LogP contribution in [0.4, 0.5) is 0 Å². The Hall–Kier alpha value is -2.09. The second kappa shape index (κ2) is 5.27. The monoisotopic (exact) mass is 254 g/mol. The first-order valence-electron chi connectivity index (χ1n) is 6.48. The molecule has 0 atom stereocenters. The highest BCUT2D eigenvalue weighted by Crippen LogP contribution is 2.30. The largest absolute Gasteiger partial charge is 0.478 e. The van der Waals surface area contributed by atoms with E-state index in [1.54, 1.807) is 0 Å². The van der Waals surface area contributed by atoms with Gasteiger partial charge in [-0.25, -0.2) is 4.79 Å². The standard InChI is InChI=1S/C17H18O2/c1-4-13-10-15(14-8-6-5-7-9-14)12(3)16(11(13)2)17(18)19/h5-10H,4H2,1-3H3,(H,18,19). The zero-order valence-corrected chi connectivity index (χ0v) is 11.5. The predicted octanol–water partition coefficient (Wildman–Crippen LogP) is 4.23. The maximum atomic E-state index is 11.5. The van der Waals surface area contributed by atoms with Crippen LogP contribution in [0.2, 0.25) is 0 Å². The summed E-state index contributed by atoms with van der Waals surface area (Å²) < 4.78 is 0. The van der Waals surface area contributed by atoms with Crippen LogP contribution in [0.25, 0.3) is 11.1 Å². The number of carboxylic acid groups (broad SMARTS) is 1. The van der Waals surface area contributed by atoms with Gasteiger partial charge in [-0.2, -0.15) is 0 Å². The molecule has 0 unspecified atom stereocenters. The van der Waals surface area contributed by atoms with E-state index in [1.165, 1.54) is 0 Å². The van der Waals surface area contributed by atoms with Crippen LogP contribution < -0.4 is 0 Å². The Labute approximate surface area is 113 Å². The molecule has 0 radical (unpaired) electrons. The lowest BCUT2D eigenvalue weighted by molar-refractivity contribution is 0.0695. The second-order valence-electron chi connectivity index (χ2n) is 4.73. The number of carbonyl (C=O) groups is 1. The molecule has 98 valence electrons. The number of rotatable bonds is 3. The van der Waals surface area contributed by atoms with Crippen molar-refractivity contribution in [2.75, 3.05) is 0 Å². The van der Waals surface area contributed by atoms with E-state index in [2.05, 4.69) is 13.0 Å². The summed E-state index contributed by atoms with van der Waals surface area (Å²) in [6.07, 6.45) is 0.840. The minimum atomic E-state index is -0.845. The normalized spacial score (nSPS) is 10.5. The van der Waals surface area contributed by atoms with Gasteiger partial charge in [0.05, 0.1) is 5.56 Å². The van der Waals surface area contributed by atoms with E-state index >= 15 is 0 Å². The Morgan fingerprint density at radius 2 is 1.74 bits per heavy atom. The van der Waals surface area contributed by atoms with Gasteiger partial charge >= 0.3 is 5.97 Å². The summed E-state index contributed by atoms with van der Waals surface area (Å²) >= 11 is 0. The van der Waals surface area contributed by atoms with E-state index < -0.39 is 5.97 Å². The van der Waals surface area contributed by atoms with Crippen LogP contribution in [0.1, 0.15) is 34.0 Å². The number of benzene rings is 2. The molecule has 0 aliphatic heterocycles. The van der Waals surface area contributed by atoms with Crippen LogP contribution in [0, 0.1) is 13.8 Å². The van der Waals surface area contributed by atoms with Crippen molar-refractivity contribution in [1.82, 2.24) is 0 Å². The number of hydrogen-bond donors (Lipinski definition) is 1. The van der Waals surface area contributed by atoms with E-state index in [4.69, 9.17) is 0 Å². The highest BCUT2D eigenvalue weighted by atomic mass is 16.4. The summed E-state index contributed by atoms with van der Waals surface area (Å²) in [7, 11) is 0. The van der Waals surface area contributed by atoms with Gasteiger partial charge in [-0.15, -0.1) is 0 Å². The van der Waals surface area contributed by atoms with E-state index in [0.29, 0.717) is 5.56 Å². The summed E-state index contributed by atoms with van der Waals surface area (Å²) in [5.74, 6) is -0.845. The number of aromatic carboxylic acids is 1. The van der Waals surface area contributed by atoms with Crippen LogP contribution in [-0.2, 0) is 6.42 Å². The molecule has 0 aliphatic rings. The van der Waals surface area contributed by atoms with Crippen molar-refractivity contribution in [2.45, 2.75) is 27.2 Å². The summed E-state index contributed by atoms with van der Waals surface area (Å²) in [6, 6.07) is 12.1. The van der Waals surface area contributed by atoms with Gasteiger partial charge in [0.25, 0.3) is 0 Å². The number of hydrogen-bond acceptors (Lipinski definition) is 1. The van der Waals surface area contributed by atoms with Crippen LogP contribution in [0.5, 0.6) is 0 Å². The van der Waals surface area contributed by atoms with Crippen LogP contribution in [-0.4, -0.2) is 11.1 Å². The lowest BCUT2D eigenvalue weighted by Gasteiger charge is -2.15. The molecule has 2 heteroatoms. The summed E-state index contributed by atoms with van der Waals surface area (Å²) in [6.45, 7) is 5.83. The van der Waals surface area contributed by atoms with Gasteiger partial charge in [-0.3, -0.25) is 0 Å². The van der Waals surface area contributed by atoms with Crippen molar-refractivity contribution in [2.24, 2.45) is 0 Å². The first-order chi connectivity index (χ1) is 9.06. The second-order valence-corrected chi connectivity index (χ2v) is 4.73. The predicted molar refractivity (Wildman–Crippen MR) is 77.7 cm³/mol. The molecule has 2 rings (SSSR count). The molecule has 0 aromatic heterocycles. The molecule has 0 fully saturated rings. The zero-order valence-electron chi connectivity index (χ0n) is 11.5. The molecular weight excluding hydrogens is 236 g/mol. The maximum absolute atomic E-state index is 11.5. The fourth-order valence-corrected chi connectivity index (χ4v) is 2.57. The molecule has 0 heterocycles. The fraction of sp³-hybridized carbons (Fsp3) is 0.235. The molecule has 0 spiro atoms. The smallest absolute Gasteiger partial charge is 0.336 e. The van der Waals surface area contributed by atoms with Crippen molar-refractivity contribution in [1.29, 1.82) is 0 Å². The van der Waals surface area contributed by atoms with Gasteiger partial charge < -0.3 is 5.11 Å². The first kappa shape index (κ1) is 13.3. The summed E-state index contributed by atoms with van der Waals surface area (Å²) in [5.41, 5.74) is 5.35. The lowest BCUT2D eigenvalue weighted by Crippen LogP contribution is -2.07. The van der Waals surface area contributed by atoms with Crippen molar-refractivity contribution in [3.8, 4) is 11.1 Å². The first-order valence-corrected chi connectivity index (χ1v) is 6.48. The van der Waals surface area contributed by atoms with Gasteiger partial charge in [-0.1, -0.05) is 43.3 Å². The molecule has 0 saturated carbocycles. The number of aryl methyl sites for hydroxylation is 1. The summed E-state index contributed by atoms with van der Waals surface area (Å²) in [4.78, 5) is 11.5. The topological polar surface area (TPSA) is 37.3 Å². The van der Waals surface area contributed by atoms with E-state index in [9.17, 15) is 9.90 Å². The maximum Gasteiger partial charge on any atom is 0.336 e. The van der Waals surface area contributed by atoms with Crippen molar-refractivity contribution in [3.05, 3.63) is 58.7 Å². The molecule has 2 nitrogen and oxygen atoms in total. The summed E-state index contributed by atoms with van der Waals surface area (Å²) in [5, 5.41) is 9.44. The van der Waals surface area contributed by atoms with Crippen LogP contribution >= 0.6 is 0 Å². The third-order valence-electron chi connectivity index (χ3n) is 3.63. The van der Waals surface area contributed by atoms with E-state index in [1.807, 2.05) is 44.2 Å². The van der Waals surface area contributed by atoms with Crippen molar-refractivity contribution < 1.29 is 9.90 Å². The van der Waals surface area contributed by atoms with Gasteiger partial charge in [0.15, 0.2) is 0 Å². The minimum Gasteiger partial charge on any atom is -0.478 e. The molecule has 2 aromatic carbocycles. The molecule has 0 aliphatic carbocycles. The van der Waals surface area contributed by atoms with Gasteiger partial charge in [0.1, 0.15) is 0 Å². The van der Waals surface area contributed by atoms with Crippen molar-refractivity contribution >= 4 is 5.97 Å². The minimum absolute atomic E-state index is 0.443. The average Bonchev–Trinajstić information content (AvgIpc) is 2.39. The fourth-order valence-electron chi connectivity index (χ4n) is 2.57. The highest BCUT2D eigenvalue weighted by molar-refractivity contribution is 5.94. The third kappa shape index (κ3) is 2.39. The SMILES string of the molecule is CCc1cc(-c2ccccc2)c(C)c(C(=O)O)c1C. The average molecular weight is 254 g/mol. The number of carboxylic acids is 1. The highest BCUT2D eigenvalue weighted by Gasteiger charge is 2.17. The molecular formula is C17H18O2. The molecule has 0 bridgehead atoms.